The fourth-order valence-electron chi connectivity index (χ4n) is 1.46. The number of alkyl halides is 1. The maximum absolute atomic E-state index is 9.78. The van der Waals surface area contributed by atoms with Crippen molar-refractivity contribution < 1.29 is 5.11 Å². The fourth-order valence-corrected chi connectivity index (χ4v) is 2.75. The van der Waals surface area contributed by atoms with Gasteiger partial charge in [0.25, 0.3) is 0 Å². The third kappa shape index (κ3) is 5.24. The van der Waals surface area contributed by atoms with E-state index in [4.69, 9.17) is 11.6 Å². The first-order valence-electron chi connectivity index (χ1n) is 5.74. The summed E-state index contributed by atoms with van der Waals surface area (Å²) in [4.78, 5) is 1.25. The Hall–Kier alpha value is -0.180. The summed E-state index contributed by atoms with van der Waals surface area (Å²) in [6, 6.07) is 10.2. The van der Waals surface area contributed by atoms with E-state index >= 15 is 0 Å². The number of rotatable bonds is 7. The largest absolute Gasteiger partial charge is 0.392 e. The van der Waals surface area contributed by atoms with Gasteiger partial charge in [-0.05, 0) is 25.0 Å². The Morgan fingerprint density at radius 3 is 2.56 bits per heavy atom. The average molecular weight is 259 g/mol. The van der Waals surface area contributed by atoms with E-state index in [1.807, 2.05) is 18.2 Å². The Kier molecular flexibility index (Phi) is 6.93. The van der Waals surface area contributed by atoms with Crippen LogP contribution in [0.25, 0.3) is 0 Å². The molecule has 0 saturated heterocycles. The normalized spacial score (nSPS) is 14.7. The molecule has 0 spiro atoms. The molecule has 1 aromatic rings. The number of hydrogen-bond acceptors (Lipinski definition) is 2. The Labute approximate surface area is 107 Å². The summed E-state index contributed by atoms with van der Waals surface area (Å²) in [5.41, 5.74) is 0. The Morgan fingerprint density at radius 1 is 1.25 bits per heavy atom. The molecule has 1 aromatic carbocycles. The van der Waals surface area contributed by atoms with E-state index in [1.54, 1.807) is 11.8 Å². The van der Waals surface area contributed by atoms with E-state index < -0.39 is 0 Å². The van der Waals surface area contributed by atoms with Gasteiger partial charge in [0, 0.05) is 10.6 Å². The van der Waals surface area contributed by atoms with Crippen LogP contribution in [0.2, 0.25) is 0 Å². The molecule has 1 N–H and O–H groups in total. The van der Waals surface area contributed by atoms with Gasteiger partial charge >= 0.3 is 0 Å². The SMILES string of the molecule is CCC[C@@H](Cl)[C@H](O)CCSc1ccccc1. The molecule has 0 heterocycles. The molecule has 0 fully saturated rings. The Morgan fingerprint density at radius 2 is 1.94 bits per heavy atom. The maximum atomic E-state index is 9.78. The van der Waals surface area contributed by atoms with Crippen LogP contribution in [0.3, 0.4) is 0 Å². The van der Waals surface area contributed by atoms with Crippen LogP contribution in [-0.2, 0) is 0 Å². The third-order valence-corrected chi connectivity index (χ3v) is 3.96. The van der Waals surface area contributed by atoms with Crippen LogP contribution in [0.1, 0.15) is 26.2 Å². The average Bonchev–Trinajstić information content (AvgIpc) is 2.30. The molecular formula is C13H19ClOS. The van der Waals surface area contributed by atoms with Gasteiger partial charge in [-0.2, -0.15) is 0 Å². The smallest absolute Gasteiger partial charge is 0.0711 e. The fraction of sp³-hybridized carbons (Fsp3) is 0.538. The van der Waals surface area contributed by atoms with E-state index in [2.05, 4.69) is 19.1 Å². The number of aliphatic hydroxyl groups excluding tert-OH is 1. The van der Waals surface area contributed by atoms with Crippen LogP contribution in [0, 0.1) is 0 Å². The van der Waals surface area contributed by atoms with Crippen molar-refractivity contribution in [3.8, 4) is 0 Å². The van der Waals surface area contributed by atoms with Gasteiger partial charge in [0.2, 0.25) is 0 Å². The van der Waals surface area contributed by atoms with Crippen molar-refractivity contribution >= 4 is 23.4 Å². The molecule has 90 valence electrons. The molecule has 0 aromatic heterocycles. The second-order valence-corrected chi connectivity index (χ2v) is 5.55. The van der Waals surface area contributed by atoms with Crippen LogP contribution in [-0.4, -0.2) is 22.3 Å². The van der Waals surface area contributed by atoms with Crippen LogP contribution < -0.4 is 0 Å². The van der Waals surface area contributed by atoms with Gasteiger partial charge in [0.1, 0.15) is 0 Å². The summed E-state index contributed by atoms with van der Waals surface area (Å²) < 4.78 is 0. The molecule has 0 unspecified atom stereocenters. The lowest BCUT2D eigenvalue weighted by molar-refractivity contribution is 0.162. The molecular weight excluding hydrogens is 240 g/mol. The second-order valence-electron chi connectivity index (χ2n) is 3.82. The topological polar surface area (TPSA) is 20.2 Å². The molecule has 0 aliphatic rings. The van der Waals surface area contributed by atoms with Crippen LogP contribution >= 0.6 is 23.4 Å². The van der Waals surface area contributed by atoms with Gasteiger partial charge in [-0.1, -0.05) is 31.5 Å². The number of aliphatic hydroxyl groups is 1. The van der Waals surface area contributed by atoms with Gasteiger partial charge in [-0.15, -0.1) is 23.4 Å². The van der Waals surface area contributed by atoms with E-state index in [9.17, 15) is 5.11 Å². The van der Waals surface area contributed by atoms with Crippen molar-refractivity contribution in [1.82, 2.24) is 0 Å². The number of benzene rings is 1. The molecule has 0 amide bonds. The highest BCUT2D eigenvalue weighted by atomic mass is 35.5. The molecule has 0 radical (unpaired) electrons. The van der Waals surface area contributed by atoms with Crippen LogP contribution in [0.5, 0.6) is 0 Å². The lowest BCUT2D eigenvalue weighted by Crippen LogP contribution is -2.21. The predicted molar refractivity (Wildman–Crippen MR) is 72.3 cm³/mol. The van der Waals surface area contributed by atoms with Gasteiger partial charge in [0.05, 0.1) is 11.5 Å². The summed E-state index contributed by atoms with van der Waals surface area (Å²) in [7, 11) is 0. The third-order valence-electron chi connectivity index (χ3n) is 2.41. The maximum Gasteiger partial charge on any atom is 0.0711 e. The summed E-state index contributed by atoms with van der Waals surface area (Å²) in [6.45, 7) is 2.08. The number of hydrogen-bond donors (Lipinski definition) is 1. The predicted octanol–water partition coefficient (Wildman–Crippen LogP) is 3.94. The number of halogens is 1. The zero-order chi connectivity index (χ0) is 11.8. The standard InChI is InChI=1S/C13H19ClOS/c1-2-6-12(14)13(15)9-10-16-11-7-4-3-5-8-11/h3-5,7-8,12-13,15H,2,6,9-10H2,1H3/t12-,13-/m1/s1. The zero-order valence-electron chi connectivity index (χ0n) is 9.60. The van der Waals surface area contributed by atoms with Gasteiger partial charge in [-0.25, -0.2) is 0 Å². The lowest BCUT2D eigenvalue weighted by atomic mass is 10.1. The van der Waals surface area contributed by atoms with Crippen LogP contribution in [0.15, 0.2) is 35.2 Å². The van der Waals surface area contributed by atoms with Crippen molar-refractivity contribution in [3.63, 3.8) is 0 Å². The quantitative estimate of drug-likeness (QED) is 0.591. The van der Waals surface area contributed by atoms with Crippen molar-refractivity contribution in [3.05, 3.63) is 30.3 Å². The molecule has 0 aliphatic carbocycles. The summed E-state index contributed by atoms with van der Waals surface area (Å²) in [5.74, 6) is 0.915. The highest BCUT2D eigenvalue weighted by molar-refractivity contribution is 7.99. The van der Waals surface area contributed by atoms with E-state index in [-0.39, 0.29) is 11.5 Å². The minimum atomic E-state index is -0.377. The zero-order valence-corrected chi connectivity index (χ0v) is 11.2. The first kappa shape index (κ1) is 13.9. The molecule has 2 atom stereocenters. The minimum absolute atomic E-state index is 0.0960. The molecule has 1 rings (SSSR count). The van der Waals surface area contributed by atoms with Gasteiger partial charge in [0.15, 0.2) is 0 Å². The highest BCUT2D eigenvalue weighted by Crippen LogP contribution is 2.21. The molecule has 3 heteroatoms. The number of thioether (sulfide) groups is 1. The molecule has 0 aliphatic heterocycles. The molecule has 1 nitrogen and oxygen atoms in total. The van der Waals surface area contributed by atoms with Crippen molar-refractivity contribution in [1.29, 1.82) is 0 Å². The second kappa shape index (κ2) is 7.99. The first-order valence-corrected chi connectivity index (χ1v) is 7.16. The van der Waals surface area contributed by atoms with Crippen LogP contribution in [0.4, 0.5) is 0 Å². The Bertz CT molecular complexity index is 279. The summed E-state index contributed by atoms with van der Waals surface area (Å²) in [6.07, 6.45) is 2.29. The monoisotopic (exact) mass is 258 g/mol. The van der Waals surface area contributed by atoms with Gasteiger partial charge < -0.3 is 5.11 Å². The molecule has 16 heavy (non-hydrogen) atoms. The molecule has 0 saturated carbocycles. The first-order chi connectivity index (χ1) is 7.74. The van der Waals surface area contributed by atoms with E-state index in [0.29, 0.717) is 0 Å². The lowest BCUT2D eigenvalue weighted by Gasteiger charge is -2.15. The summed E-state index contributed by atoms with van der Waals surface area (Å²) >= 11 is 7.82. The van der Waals surface area contributed by atoms with E-state index in [1.165, 1.54) is 4.90 Å². The van der Waals surface area contributed by atoms with Crippen molar-refractivity contribution in [2.45, 2.75) is 42.6 Å². The highest BCUT2D eigenvalue weighted by Gasteiger charge is 2.14. The summed E-state index contributed by atoms with van der Waals surface area (Å²) in [5, 5.41) is 9.69. The molecule has 0 bridgehead atoms. The Balaban J connectivity index is 2.20. The van der Waals surface area contributed by atoms with Gasteiger partial charge in [-0.3, -0.25) is 0 Å². The van der Waals surface area contributed by atoms with Crippen molar-refractivity contribution in [2.75, 3.05) is 5.75 Å². The minimum Gasteiger partial charge on any atom is -0.392 e. The van der Waals surface area contributed by atoms with E-state index in [0.717, 1.165) is 25.0 Å². The van der Waals surface area contributed by atoms with Crippen molar-refractivity contribution in [2.24, 2.45) is 0 Å².